The van der Waals surface area contributed by atoms with E-state index in [9.17, 15) is 0 Å². The molecule has 3 aliphatic heterocycles. The predicted molar refractivity (Wildman–Crippen MR) is 140 cm³/mol. The first-order valence-electron chi connectivity index (χ1n) is 12.7. The van der Waals surface area contributed by atoms with Gasteiger partial charge in [0.25, 0.3) is 0 Å². The van der Waals surface area contributed by atoms with Crippen molar-refractivity contribution in [2.45, 2.75) is 13.3 Å². The Morgan fingerprint density at radius 3 is 2.33 bits per heavy atom. The normalized spacial score (nSPS) is 18.5. The molecule has 0 aliphatic carbocycles. The van der Waals surface area contributed by atoms with Gasteiger partial charge in [-0.05, 0) is 25.1 Å². The zero-order valence-electron chi connectivity index (χ0n) is 20.7. The number of nitrogens with two attached hydrogens (primary N) is 1. The standard InChI is InChI=1S/C25H32N10O/c1-2-32-7-9-33(10-8-32)21-4-3-19(17-27-21)35-6-5-20-22(18-15-28-24(26)29-16-18)30-25(31-23(20)35)34-11-13-36-14-12-34/h3-4,15-17H,2,5-14H2,1H3,(H2,26,28,29). The van der Waals surface area contributed by atoms with Crippen molar-refractivity contribution in [1.82, 2.24) is 29.8 Å². The van der Waals surface area contributed by atoms with Gasteiger partial charge in [0.15, 0.2) is 0 Å². The van der Waals surface area contributed by atoms with Gasteiger partial charge in [-0.2, -0.15) is 4.98 Å². The Bertz CT molecular complexity index is 1190. The summed E-state index contributed by atoms with van der Waals surface area (Å²) in [6.07, 6.45) is 6.29. The number of aromatic nitrogens is 5. The van der Waals surface area contributed by atoms with Gasteiger partial charge < -0.3 is 30.1 Å². The Morgan fingerprint density at radius 1 is 0.861 bits per heavy atom. The van der Waals surface area contributed by atoms with Crippen LogP contribution in [0.25, 0.3) is 11.3 Å². The summed E-state index contributed by atoms with van der Waals surface area (Å²) < 4.78 is 5.55. The van der Waals surface area contributed by atoms with Crippen LogP contribution in [0.3, 0.4) is 0 Å². The second kappa shape index (κ2) is 9.82. The molecule has 2 fully saturated rings. The molecule has 3 aliphatic rings. The summed E-state index contributed by atoms with van der Waals surface area (Å²) in [6, 6.07) is 4.29. The van der Waals surface area contributed by atoms with Crippen LogP contribution in [0.4, 0.5) is 29.2 Å². The number of nitrogens with zero attached hydrogens (tertiary/aromatic N) is 9. The van der Waals surface area contributed by atoms with E-state index in [1.807, 2.05) is 6.20 Å². The lowest BCUT2D eigenvalue weighted by molar-refractivity contribution is 0.122. The Balaban J connectivity index is 1.32. The molecule has 188 valence electrons. The average Bonchev–Trinajstić information content (AvgIpc) is 3.38. The van der Waals surface area contributed by atoms with Crippen LogP contribution in [0.2, 0.25) is 0 Å². The van der Waals surface area contributed by atoms with Crippen LogP contribution in [-0.2, 0) is 11.2 Å². The molecule has 0 amide bonds. The highest BCUT2D eigenvalue weighted by Gasteiger charge is 2.29. The summed E-state index contributed by atoms with van der Waals surface area (Å²) in [7, 11) is 0. The molecule has 0 saturated carbocycles. The van der Waals surface area contributed by atoms with Crippen molar-refractivity contribution in [3.05, 3.63) is 36.3 Å². The van der Waals surface area contributed by atoms with E-state index in [0.29, 0.717) is 19.2 Å². The third kappa shape index (κ3) is 4.40. The fraction of sp³-hybridized carbons (Fsp3) is 0.480. The Labute approximate surface area is 210 Å². The number of pyridine rings is 1. The van der Waals surface area contributed by atoms with E-state index in [0.717, 1.165) is 92.9 Å². The molecule has 0 aromatic carbocycles. The summed E-state index contributed by atoms with van der Waals surface area (Å²) in [5.74, 6) is 2.91. The number of nitrogen functional groups attached to an aromatic ring is 1. The fourth-order valence-corrected chi connectivity index (χ4v) is 5.12. The van der Waals surface area contributed by atoms with Gasteiger partial charge in [-0.1, -0.05) is 6.92 Å². The number of hydrogen-bond donors (Lipinski definition) is 1. The third-order valence-electron chi connectivity index (χ3n) is 7.24. The van der Waals surface area contributed by atoms with Crippen LogP contribution in [-0.4, -0.2) is 95.4 Å². The number of ether oxygens (including phenoxy) is 1. The summed E-state index contributed by atoms with van der Waals surface area (Å²) in [6.45, 7) is 11.2. The van der Waals surface area contributed by atoms with E-state index in [-0.39, 0.29) is 5.95 Å². The Morgan fingerprint density at radius 2 is 1.64 bits per heavy atom. The first-order chi connectivity index (χ1) is 17.7. The fourth-order valence-electron chi connectivity index (χ4n) is 5.12. The van der Waals surface area contributed by atoms with E-state index < -0.39 is 0 Å². The van der Waals surface area contributed by atoms with E-state index in [4.69, 9.17) is 25.4 Å². The van der Waals surface area contributed by atoms with E-state index in [1.165, 1.54) is 0 Å². The lowest BCUT2D eigenvalue weighted by Gasteiger charge is -2.34. The number of morpholine rings is 1. The summed E-state index contributed by atoms with van der Waals surface area (Å²) in [5.41, 5.74) is 9.59. The molecule has 0 unspecified atom stereocenters. The van der Waals surface area contributed by atoms with E-state index >= 15 is 0 Å². The van der Waals surface area contributed by atoms with Gasteiger partial charge in [0.05, 0.1) is 30.8 Å². The van der Waals surface area contributed by atoms with Crippen molar-refractivity contribution in [1.29, 1.82) is 0 Å². The number of anilines is 5. The zero-order valence-corrected chi connectivity index (χ0v) is 20.7. The molecular formula is C25H32N10O. The molecule has 0 bridgehead atoms. The highest BCUT2D eigenvalue weighted by molar-refractivity contribution is 5.76. The van der Waals surface area contributed by atoms with Crippen molar-refractivity contribution >= 4 is 29.2 Å². The van der Waals surface area contributed by atoms with E-state index in [2.05, 4.69) is 48.6 Å². The van der Waals surface area contributed by atoms with Gasteiger partial charge in [-0.15, -0.1) is 0 Å². The average molecular weight is 489 g/mol. The summed E-state index contributed by atoms with van der Waals surface area (Å²) >= 11 is 0. The number of fused-ring (bicyclic) bond motifs is 1. The van der Waals surface area contributed by atoms with Gasteiger partial charge in [0.2, 0.25) is 11.9 Å². The van der Waals surface area contributed by atoms with Crippen molar-refractivity contribution in [2.24, 2.45) is 0 Å². The van der Waals surface area contributed by atoms with Crippen LogP contribution in [0.15, 0.2) is 30.7 Å². The van der Waals surface area contributed by atoms with Crippen molar-refractivity contribution in [2.75, 3.05) is 86.0 Å². The molecule has 11 heteroatoms. The molecule has 3 aromatic heterocycles. The SMILES string of the molecule is CCN1CCN(c2ccc(N3CCc4c(-c5cnc(N)nc5)nc(N5CCOCC5)nc43)cn2)CC1. The highest BCUT2D eigenvalue weighted by Crippen LogP contribution is 2.39. The predicted octanol–water partition coefficient (Wildman–Crippen LogP) is 1.58. The van der Waals surface area contributed by atoms with Crippen LogP contribution in [0.5, 0.6) is 0 Å². The van der Waals surface area contributed by atoms with Crippen molar-refractivity contribution in [3.63, 3.8) is 0 Å². The molecule has 2 saturated heterocycles. The molecule has 0 spiro atoms. The number of rotatable bonds is 5. The van der Waals surface area contributed by atoms with Gasteiger partial charge >= 0.3 is 0 Å². The second-order valence-electron chi connectivity index (χ2n) is 9.30. The minimum atomic E-state index is 0.252. The first-order valence-corrected chi connectivity index (χ1v) is 12.7. The number of piperazine rings is 1. The third-order valence-corrected chi connectivity index (χ3v) is 7.24. The minimum Gasteiger partial charge on any atom is -0.378 e. The number of likely N-dealkylation sites (N-methyl/N-ethyl adjacent to an activating group) is 1. The molecular weight excluding hydrogens is 456 g/mol. The molecule has 2 N–H and O–H groups in total. The number of hydrogen-bond acceptors (Lipinski definition) is 11. The van der Waals surface area contributed by atoms with Crippen molar-refractivity contribution in [3.8, 4) is 11.3 Å². The van der Waals surface area contributed by atoms with Gasteiger partial charge in [-0.25, -0.2) is 19.9 Å². The highest BCUT2D eigenvalue weighted by atomic mass is 16.5. The molecule has 6 heterocycles. The first kappa shape index (κ1) is 22.9. The van der Waals surface area contributed by atoms with Gasteiger partial charge in [0, 0.05) is 69.3 Å². The van der Waals surface area contributed by atoms with Crippen LogP contribution < -0.4 is 20.4 Å². The van der Waals surface area contributed by atoms with Crippen LogP contribution in [0.1, 0.15) is 12.5 Å². The second-order valence-corrected chi connectivity index (χ2v) is 9.30. The van der Waals surface area contributed by atoms with Crippen LogP contribution >= 0.6 is 0 Å². The quantitative estimate of drug-likeness (QED) is 0.565. The summed E-state index contributed by atoms with van der Waals surface area (Å²) in [4.78, 5) is 32.5. The smallest absolute Gasteiger partial charge is 0.228 e. The molecule has 36 heavy (non-hydrogen) atoms. The van der Waals surface area contributed by atoms with Crippen LogP contribution in [0, 0.1) is 0 Å². The lowest BCUT2D eigenvalue weighted by atomic mass is 10.1. The van der Waals surface area contributed by atoms with Crippen molar-refractivity contribution < 1.29 is 4.74 Å². The Hall–Kier alpha value is -3.57. The Kier molecular flexibility index (Phi) is 6.24. The lowest BCUT2D eigenvalue weighted by Crippen LogP contribution is -2.46. The van der Waals surface area contributed by atoms with E-state index in [1.54, 1.807) is 12.4 Å². The zero-order chi connectivity index (χ0) is 24.5. The maximum atomic E-state index is 5.74. The summed E-state index contributed by atoms with van der Waals surface area (Å²) in [5, 5.41) is 0. The minimum absolute atomic E-state index is 0.252. The largest absolute Gasteiger partial charge is 0.378 e. The monoisotopic (exact) mass is 488 g/mol. The maximum Gasteiger partial charge on any atom is 0.228 e. The molecule has 11 nitrogen and oxygen atoms in total. The molecule has 0 atom stereocenters. The maximum absolute atomic E-state index is 5.74. The topological polar surface area (TPSA) is 113 Å². The van der Waals surface area contributed by atoms with Gasteiger partial charge in [0.1, 0.15) is 11.6 Å². The molecule has 6 rings (SSSR count). The molecule has 3 aromatic rings. The van der Waals surface area contributed by atoms with Gasteiger partial charge in [-0.3, -0.25) is 0 Å². The molecule has 0 radical (unpaired) electrons.